The van der Waals surface area contributed by atoms with Crippen LogP contribution in [0, 0.1) is 0 Å². The van der Waals surface area contributed by atoms with Crippen molar-refractivity contribution in [2.24, 2.45) is 0 Å². The Morgan fingerprint density at radius 1 is 1.12 bits per heavy atom. The molecule has 0 bridgehead atoms. The van der Waals surface area contributed by atoms with Gasteiger partial charge in [-0.05, 0) is 69.9 Å². The fourth-order valence-electron chi connectivity index (χ4n) is 3.10. The third-order valence-corrected chi connectivity index (χ3v) is 4.96. The first-order valence-corrected chi connectivity index (χ1v) is 11.9. The van der Waals surface area contributed by atoms with Crippen LogP contribution >= 0.6 is 11.6 Å². The molecule has 1 atom stereocenters. The molecule has 2 rings (SSSR count). The van der Waals surface area contributed by atoms with Gasteiger partial charge in [-0.15, -0.1) is 0 Å². The predicted molar refractivity (Wildman–Crippen MR) is 135 cm³/mol. The molecule has 0 aliphatic carbocycles. The monoisotopic (exact) mass is 490 g/mol. The molecule has 2 aromatic rings. The summed E-state index contributed by atoms with van der Waals surface area (Å²) in [6, 6.07) is 13.1. The topological polar surface area (TPSA) is 85.9 Å². The molecule has 34 heavy (non-hydrogen) atoms. The van der Waals surface area contributed by atoms with Crippen molar-refractivity contribution in [3.05, 3.63) is 53.1 Å². The molecule has 1 unspecified atom stereocenters. The molecular formula is C26H35ClN2O5. The predicted octanol–water partition coefficient (Wildman–Crippen LogP) is 6.52. The highest BCUT2D eigenvalue weighted by atomic mass is 35.5. The van der Waals surface area contributed by atoms with Gasteiger partial charge in [-0.25, -0.2) is 4.79 Å². The number of carbonyl (C=O) groups excluding carboxylic acids is 2. The molecule has 0 radical (unpaired) electrons. The van der Waals surface area contributed by atoms with Crippen molar-refractivity contribution in [2.75, 3.05) is 25.0 Å². The van der Waals surface area contributed by atoms with E-state index in [1.165, 1.54) is 0 Å². The summed E-state index contributed by atoms with van der Waals surface area (Å²) in [6.07, 6.45) is 0.546. The maximum atomic E-state index is 11.9. The van der Waals surface area contributed by atoms with Crippen LogP contribution in [0.1, 0.15) is 58.9 Å². The van der Waals surface area contributed by atoms with Crippen LogP contribution in [-0.2, 0) is 14.3 Å². The number of anilines is 1. The minimum absolute atomic E-state index is 0.0518. The summed E-state index contributed by atoms with van der Waals surface area (Å²) in [5.41, 5.74) is 1.25. The van der Waals surface area contributed by atoms with E-state index in [1.54, 1.807) is 19.1 Å². The number of amides is 1. The van der Waals surface area contributed by atoms with Gasteiger partial charge in [0, 0.05) is 30.6 Å². The van der Waals surface area contributed by atoms with Crippen molar-refractivity contribution in [2.45, 2.75) is 59.0 Å². The Hall–Kier alpha value is -2.93. The Bertz CT molecular complexity index is 958. The van der Waals surface area contributed by atoms with E-state index in [0.717, 1.165) is 11.3 Å². The Labute approximate surface area is 207 Å². The lowest BCUT2D eigenvalue weighted by atomic mass is 10.0. The summed E-state index contributed by atoms with van der Waals surface area (Å²) in [6.45, 7) is 10.7. The highest BCUT2D eigenvalue weighted by Gasteiger charge is 2.17. The molecule has 0 spiro atoms. The minimum atomic E-state index is -0.539. The lowest BCUT2D eigenvalue weighted by Gasteiger charge is -2.21. The maximum absolute atomic E-state index is 11.9. The molecule has 186 valence electrons. The number of halogens is 1. The van der Waals surface area contributed by atoms with E-state index >= 15 is 0 Å². The second-order valence-corrected chi connectivity index (χ2v) is 9.37. The smallest absolute Gasteiger partial charge is 0.407 e. The Morgan fingerprint density at radius 2 is 1.88 bits per heavy atom. The van der Waals surface area contributed by atoms with Gasteiger partial charge >= 0.3 is 12.1 Å². The summed E-state index contributed by atoms with van der Waals surface area (Å²) < 4.78 is 16.4. The Kier molecular flexibility index (Phi) is 10.5. The lowest BCUT2D eigenvalue weighted by Crippen LogP contribution is -2.34. The van der Waals surface area contributed by atoms with Crippen molar-refractivity contribution in [1.82, 2.24) is 5.32 Å². The summed E-state index contributed by atoms with van der Waals surface area (Å²) in [5.74, 6) is 1.08. The van der Waals surface area contributed by atoms with E-state index in [-0.39, 0.29) is 11.9 Å². The normalized spacial score (nSPS) is 11.9. The maximum Gasteiger partial charge on any atom is 0.407 e. The van der Waals surface area contributed by atoms with E-state index in [2.05, 4.69) is 10.6 Å². The Balaban J connectivity index is 2.00. The molecule has 2 aromatic carbocycles. The van der Waals surface area contributed by atoms with E-state index in [4.69, 9.17) is 25.8 Å². The average Bonchev–Trinajstić information content (AvgIpc) is 2.75. The molecule has 8 heteroatoms. The van der Waals surface area contributed by atoms with E-state index in [0.29, 0.717) is 49.1 Å². The van der Waals surface area contributed by atoms with Crippen molar-refractivity contribution in [1.29, 1.82) is 0 Å². The molecule has 1 amide bonds. The zero-order valence-electron chi connectivity index (χ0n) is 20.6. The standard InChI is InChI=1S/C26H35ClN2O5/c1-6-32-24(30)11-8-14-28-22-13-12-20(27)16-23(22)33-21-10-7-9-19(15-21)18(2)17-29-25(31)34-26(3,4)5/h7,9-10,12-13,15-16,18,28H,6,8,11,14,17H2,1-5H3,(H,29,31). The van der Waals surface area contributed by atoms with Gasteiger partial charge in [0.15, 0.2) is 5.75 Å². The van der Waals surface area contributed by atoms with Crippen LogP contribution in [0.5, 0.6) is 11.5 Å². The molecule has 0 saturated carbocycles. The van der Waals surface area contributed by atoms with Gasteiger partial charge in [0.25, 0.3) is 0 Å². The van der Waals surface area contributed by atoms with Gasteiger partial charge in [-0.3, -0.25) is 4.79 Å². The number of alkyl carbamates (subject to hydrolysis) is 1. The zero-order chi connectivity index (χ0) is 25.1. The van der Waals surface area contributed by atoms with Crippen molar-refractivity contribution < 1.29 is 23.8 Å². The number of rotatable bonds is 11. The Morgan fingerprint density at radius 3 is 2.59 bits per heavy atom. The zero-order valence-corrected chi connectivity index (χ0v) is 21.3. The van der Waals surface area contributed by atoms with E-state index in [9.17, 15) is 9.59 Å². The lowest BCUT2D eigenvalue weighted by molar-refractivity contribution is -0.143. The van der Waals surface area contributed by atoms with Crippen molar-refractivity contribution >= 4 is 29.4 Å². The largest absolute Gasteiger partial charge is 0.466 e. The molecule has 0 aliphatic heterocycles. The number of benzene rings is 2. The second-order valence-electron chi connectivity index (χ2n) is 8.93. The van der Waals surface area contributed by atoms with Gasteiger partial charge in [-0.2, -0.15) is 0 Å². The summed E-state index contributed by atoms with van der Waals surface area (Å²) >= 11 is 6.20. The van der Waals surface area contributed by atoms with Crippen LogP contribution < -0.4 is 15.4 Å². The fourth-order valence-corrected chi connectivity index (χ4v) is 3.26. The van der Waals surface area contributed by atoms with Crippen molar-refractivity contribution in [3.8, 4) is 11.5 Å². The van der Waals surface area contributed by atoms with Crippen LogP contribution in [0.3, 0.4) is 0 Å². The third kappa shape index (κ3) is 9.91. The number of esters is 1. The van der Waals surface area contributed by atoms with Gasteiger partial charge in [0.2, 0.25) is 0 Å². The second kappa shape index (κ2) is 13.1. The molecule has 0 fully saturated rings. The molecule has 0 aromatic heterocycles. The van der Waals surface area contributed by atoms with Gasteiger partial charge < -0.3 is 24.8 Å². The van der Waals surface area contributed by atoms with Crippen LogP contribution in [0.2, 0.25) is 5.02 Å². The number of nitrogens with one attached hydrogen (secondary N) is 2. The average molecular weight is 491 g/mol. The summed E-state index contributed by atoms with van der Waals surface area (Å²) in [4.78, 5) is 23.5. The summed E-state index contributed by atoms with van der Waals surface area (Å²) in [7, 11) is 0. The fraction of sp³-hybridized carbons (Fsp3) is 0.462. The van der Waals surface area contributed by atoms with Crippen LogP contribution in [0.4, 0.5) is 10.5 Å². The molecule has 0 aliphatic rings. The SMILES string of the molecule is CCOC(=O)CCCNc1ccc(Cl)cc1Oc1cccc(C(C)CNC(=O)OC(C)(C)C)c1. The summed E-state index contributed by atoms with van der Waals surface area (Å²) in [5, 5.41) is 6.65. The van der Waals surface area contributed by atoms with Gasteiger partial charge in [0.1, 0.15) is 11.4 Å². The molecule has 7 nitrogen and oxygen atoms in total. The minimum Gasteiger partial charge on any atom is -0.466 e. The van der Waals surface area contributed by atoms with Gasteiger partial charge in [-0.1, -0.05) is 30.7 Å². The van der Waals surface area contributed by atoms with E-state index < -0.39 is 11.7 Å². The molecular weight excluding hydrogens is 456 g/mol. The quantitative estimate of drug-likeness (QED) is 0.275. The van der Waals surface area contributed by atoms with Crippen molar-refractivity contribution in [3.63, 3.8) is 0 Å². The number of hydrogen-bond donors (Lipinski definition) is 2. The van der Waals surface area contributed by atoms with E-state index in [1.807, 2.05) is 58.0 Å². The first kappa shape index (κ1) is 27.3. The van der Waals surface area contributed by atoms with Crippen LogP contribution in [-0.4, -0.2) is 37.4 Å². The first-order valence-electron chi connectivity index (χ1n) is 11.5. The van der Waals surface area contributed by atoms with Crippen LogP contribution in [0.15, 0.2) is 42.5 Å². The number of hydrogen-bond acceptors (Lipinski definition) is 6. The molecule has 0 saturated heterocycles. The highest BCUT2D eigenvalue weighted by molar-refractivity contribution is 6.30. The highest BCUT2D eigenvalue weighted by Crippen LogP contribution is 2.33. The number of carbonyl (C=O) groups is 2. The van der Waals surface area contributed by atoms with Gasteiger partial charge in [0.05, 0.1) is 12.3 Å². The molecule has 2 N–H and O–H groups in total. The van der Waals surface area contributed by atoms with Crippen LogP contribution in [0.25, 0.3) is 0 Å². The molecule has 0 heterocycles. The first-order chi connectivity index (χ1) is 16.1. The number of ether oxygens (including phenoxy) is 3. The third-order valence-electron chi connectivity index (χ3n) is 4.73.